The standard InChI is InChI=1S/C13H21ClN2O2/c1-4-18-12(9-5-6-9)11(17)7-10-8(2)15-16(3)13(10)14/h9,11-12,17H,4-7H2,1-3H3. The maximum atomic E-state index is 10.3. The fourth-order valence-electron chi connectivity index (χ4n) is 2.41. The quantitative estimate of drug-likeness (QED) is 0.863. The van der Waals surface area contributed by atoms with Crippen LogP contribution in [0.25, 0.3) is 0 Å². The van der Waals surface area contributed by atoms with Gasteiger partial charge in [-0.15, -0.1) is 0 Å². The minimum absolute atomic E-state index is 0.0642. The molecule has 102 valence electrons. The lowest BCUT2D eigenvalue weighted by atomic mass is 10.0. The first-order chi connectivity index (χ1) is 8.54. The molecule has 4 nitrogen and oxygen atoms in total. The van der Waals surface area contributed by atoms with Crippen molar-refractivity contribution in [2.24, 2.45) is 13.0 Å². The number of aromatic nitrogens is 2. The maximum absolute atomic E-state index is 10.3. The molecule has 1 N–H and O–H groups in total. The predicted octanol–water partition coefficient (Wildman–Crippen LogP) is 2.10. The Morgan fingerprint density at radius 3 is 2.67 bits per heavy atom. The van der Waals surface area contributed by atoms with Crippen LogP contribution < -0.4 is 0 Å². The van der Waals surface area contributed by atoms with Crippen molar-refractivity contribution < 1.29 is 9.84 Å². The number of ether oxygens (including phenoxy) is 1. The van der Waals surface area contributed by atoms with E-state index in [1.165, 1.54) is 0 Å². The molecule has 1 aromatic rings. The molecule has 0 saturated heterocycles. The minimum Gasteiger partial charge on any atom is -0.390 e. The van der Waals surface area contributed by atoms with Crippen LogP contribution in [0.5, 0.6) is 0 Å². The van der Waals surface area contributed by atoms with Crippen LogP contribution >= 0.6 is 11.6 Å². The summed E-state index contributed by atoms with van der Waals surface area (Å²) in [5, 5.41) is 15.2. The maximum Gasteiger partial charge on any atom is 0.130 e. The first-order valence-electron chi connectivity index (χ1n) is 6.52. The molecule has 1 saturated carbocycles. The Bertz CT molecular complexity index is 415. The van der Waals surface area contributed by atoms with Gasteiger partial charge in [0.05, 0.1) is 17.9 Å². The van der Waals surface area contributed by atoms with Crippen molar-refractivity contribution in [2.45, 2.75) is 45.3 Å². The minimum atomic E-state index is -0.502. The van der Waals surface area contributed by atoms with Gasteiger partial charge >= 0.3 is 0 Å². The van der Waals surface area contributed by atoms with Gasteiger partial charge in [-0.25, -0.2) is 0 Å². The summed E-state index contributed by atoms with van der Waals surface area (Å²) in [6.45, 7) is 4.52. The fraction of sp³-hybridized carbons (Fsp3) is 0.769. The van der Waals surface area contributed by atoms with Crippen molar-refractivity contribution in [2.75, 3.05) is 6.61 Å². The van der Waals surface area contributed by atoms with Crippen molar-refractivity contribution in [1.29, 1.82) is 0 Å². The second kappa shape index (κ2) is 5.59. The summed E-state index contributed by atoms with van der Waals surface area (Å²) in [6, 6.07) is 0. The zero-order valence-electron chi connectivity index (χ0n) is 11.2. The third kappa shape index (κ3) is 2.87. The van der Waals surface area contributed by atoms with Crippen LogP contribution in [-0.4, -0.2) is 33.7 Å². The molecule has 0 radical (unpaired) electrons. The van der Waals surface area contributed by atoms with Crippen LogP contribution in [0, 0.1) is 12.8 Å². The van der Waals surface area contributed by atoms with Gasteiger partial charge in [0.2, 0.25) is 0 Å². The Hall–Kier alpha value is -0.580. The largest absolute Gasteiger partial charge is 0.390 e. The van der Waals surface area contributed by atoms with E-state index in [0.29, 0.717) is 24.1 Å². The van der Waals surface area contributed by atoms with Gasteiger partial charge in [0.25, 0.3) is 0 Å². The fourth-order valence-corrected chi connectivity index (χ4v) is 2.66. The summed E-state index contributed by atoms with van der Waals surface area (Å²) in [5.74, 6) is 0.510. The van der Waals surface area contributed by atoms with Crippen LogP contribution in [0.4, 0.5) is 0 Å². The molecule has 1 aliphatic rings. The van der Waals surface area contributed by atoms with E-state index >= 15 is 0 Å². The lowest BCUT2D eigenvalue weighted by Gasteiger charge is -2.22. The zero-order valence-corrected chi connectivity index (χ0v) is 11.9. The Labute approximate surface area is 113 Å². The molecule has 2 rings (SSSR count). The smallest absolute Gasteiger partial charge is 0.130 e. The van der Waals surface area contributed by atoms with E-state index in [-0.39, 0.29) is 6.10 Å². The summed E-state index contributed by atoms with van der Waals surface area (Å²) in [7, 11) is 1.81. The number of aliphatic hydroxyl groups is 1. The van der Waals surface area contributed by atoms with Crippen molar-refractivity contribution in [3.05, 3.63) is 16.4 Å². The molecular weight excluding hydrogens is 252 g/mol. The SMILES string of the molecule is CCOC(C(O)Cc1c(C)nn(C)c1Cl)C1CC1. The molecule has 0 bridgehead atoms. The van der Waals surface area contributed by atoms with Gasteiger partial charge in [-0.2, -0.15) is 5.10 Å². The molecule has 1 fully saturated rings. The number of nitrogens with zero attached hydrogens (tertiary/aromatic N) is 2. The van der Waals surface area contributed by atoms with Crippen molar-refractivity contribution in [1.82, 2.24) is 9.78 Å². The molecule has 0 aliphatic heterocycles. The normalized spacial score (nSPS) is 18.9. The van der Waals surface area contributed by atoms with Crippen LogP contribution in [-0.2, 0) is 18.2 Å². The van der Waals surface area contributed by atoms with E-state index in [1.54, 1.807) is 4.68 Å². The Morgan fingerprint density at radius 2 is 2.22 bits per heavy atom. The summed E-state index contributed by atoms with van der Waals surface area (Å²) in [5.41, 5.74) is 1.81. The Kier molecular flexibility index (Phi) is 4.30. The van der Waals surface area contributed by atoms with Crippen molar-refractivity contribution in [3.63, 3.8) is 0 Å². The van der Waals surface area contributed by atoms with Crippen LogP contribution in [0.1, 0.15) is 31.0 Å². The van der Waals surface area contributed by atoms with Gasteiger partial charge in [-0.1, -0.05) is 11.6 Å². The Balaban J connectivity index is 2.07. The van der Waals surface area contributed by atoms with Gasteiger partial charge in [-0.05, 0) is 32.6 Å². The third-order valence-electron chi connectivity index (χ3n) is 3.51. The van der Waals surface area contributed by atoms with Crippen LogP contribution in [0.15, 0.2) is 0 Å². The molecular formula is C13H21ClN2O2. The van der Waals surface area contributed by atoms with Gasteiger partial charge in [0.1, 0.15) is 5.15 Å². The predicted molar refractivity (Wildman–Crippen MR) is 70.8 cm³/mol. The summed E-state index contributed by atoms with van der Waals surface area (Å²) in [6.07, 6.45) is 2.26. The monoisotopic (exact) mass is 272 g/mol. The van der Waals surface area contributed by atoms with Gasteiger partial charge in [0, 0.05) is 25.6 Å². The summed E-state index contributed by atoms with van der Waals surface area (Å²) < 4.78 is 7.31. The van der Waals surface area contributed by atoms with E-state index in [2.05, 4.69) is 5.10 Å². The highest BCUT2D eigenvalue weighted by atomic mass is 35.5. The Morgan fingerprint density at radius 1 is 1.56 bits per heavy atom. The highest BCUT2D eigenvalue weighted by Gasteiger charge is 2.37. The number of rotatable bonds is 6. The number of hydrogen-bond donors (Lipinski definition) is 1. The van der Waals surface area contributed by atoms with E-state index in [0.717, 1.165) is 24.1 Å². The molecule has 1 aliphatic carbocycles. The zero-order chi connectivity index (χ0) is 13.3. The molecule has 2 atom stereocenters. The van der Waals surface area contributed by atoms with E-state index < -0.39 is 6.10 Å². The number of hydrogen-bond acceptors (Lipinski definition) is 3. The van der Waals surface area contributed by atoms with Crippen LogP contribution in [0.3, 0.4) is 0 Å². The molecule has 5 heteroatoms. The highest BCUT2D eigenvalue weighted by Crippen LogP contribution is 2.37. The van der Waals surface area contributed by atoms with Gasteiger partial charge in [0.15, 0.2) is 0 Å². The van der Waals surface area contributed by atoms with Gasteiger partial charge < -0.3 is 9.84 Å². The number of halogens is 1. The molecule has 1 aromatic heterocycles. The topological polar surface area (TPSA) is 47.3 Å². The molecule has 0 spiro atoms. The second-order valence-corrected chi connectivity index (χ2v) is 5.37. The van der Waals surface area contributed by atoms with E-state index in [1.807, 2.05) is 20.9 Å². The van der Waals surface area contributed by atoms with Crippen molar-refractivity contribution in [3.8, 4) is 0 Å². The molecule has 1 heterocycles. The van der Waals surface area contributed by atoms with E-state index in [9.17, 15) is 5.11 Å². The average Bonchev–Trinajstić information content (AvgIpc) is 3.12. The molecule has 2 unspecified atom stereocenters. The molecule has 18 heavy (non-hydrogen) atoms. The second-order valence-electron chi connectivity index (χ2n) is 5.01. The third-order valence-corrected chi connectivity index (χ3v) is 3.98. The number of aryl methyl sites for hydroxylation is 2. The summed E-state index contributed by atoms with van der Waals surface area (Å²) >= 11 is 6.18. The molecule has 0 aromatic carbocycles. The molecule has 0 amide bonds. The lowest BCUT2D eigenvalue weighted by Crippen LogP contribution is -2.33. The van der Waals surface area contributed by atoms with Crippen molar-refractivity contribution >= 4 is 11.6 Å². The lowest BCUT2D eigenvalue weighted by molar-refractivity contribution is -0.0440. The van der Waals surface area contributed by atoms with Crippen LogP contribution in [0.2, 0.25) is 5.15 Å². The summed E-state index contributed by atoms with van der Waals surface area (Å²) in [4.78, 5) is 0. The van der Waals surface area contributed by atoms with E-state index in [4.69, 9.17) is 16.3 Å². The average molecular weight is 273 g/mol. The first-order valence-corrected chi connectivity index (χ1v) is 6.90. The van der Waals surface area contributed by atoms with Gasteiger partial charge in [-0.3, -0.25) is 4.68 Å². The first kappa shape index (κ1) is 13.8. The number of aliphatic hydroxyl groups excluding tert-OH is 1. The highest BCUT2D eigenvalue weighted by molar-refractivity contribution is 6.30.